The second-order valence-electron chi connectivity index (χ2n) is 6.90. The van der Waals surface area contributed by atoms with E-state index < -0.39 is 14.4 Å². The highest BCUT2D eigenvalue weighted by atomic mass is 28.4. The van der Waals surface area contributed by atoms with Crippen molar-refractivity contribution in [2.75, 3.05) is 0 Å². The Morgan fingerprint density at radius 1 is 1.12 bits per heavy atom. The molecule has 1 aliphatic heterocycles. The predicted molar refractivity (Wildman–Crippen MR) is 103 cm³/mol. The highest BCUT2D eigenvalue weighted by Crippen LogP contribution is 2.33. The molecule has 0 aliphatic carbocycles. The number of imide groups is 1. The quantitative estimate of drug-likeness (QED) is 0.314. The van der Waals surface area contributed by atoms with Crippen LogP contribution in [0.25, 0.3) is 0 Å². The summed E-state index contributed by atoms with van der Waals surface area (Å²) in [4.78, 5) is 26.9. The van der Waals surface area contributed by atoms with E-state index in [9.17, 15) is 9.59 Å². The first kappa shape index (κ1) is 19.6. The maximum atomic E-state index is 12.8. The van der Waals surface area contributed by atoms with Crippen LogP contribution in [0.3, 0.4) is 0 Å². The van der Waals surface area contributed by atoms with Crippen molar-refractivity contribution in [1.29, 1.82) is 0 Å². The molecular weight excluding hydrogens is 330 g/mol. The van der Waals surface area contributed by atoms with Crippen molar-refractivity contribution in [2.24, 2.45) is 0 Å². The Morgan fingerprint density at radius 2 is 1.68 bits per heavy atom. The Bertz CT molecular complexity index is 640. The number of nitrogens with zero attached hydrogens (tertiary/aromatic N) is 1. The summed E-state index contributed by atoms with van der Waals surface area (Å²) in [5, 5.41) is 0. The normalized spacial score (nSPS) is 20.2. The monoisotopic (exact) mass is 359 g/mol. The topological polar surface area (TPSA) is 46.6 Å². The molecule has 136 valence electrons. The van der Waals surface area contributed by atoms with Crippen LogP contribution in [0.5, 0.6) is 0 Å². The van der Waals surface area contributed by atoms with Crippen molar-refractivity contribution in [3.05, 3.63) is 47.5 Å². The lowest BCUT2D eigenvalue weighted by atomic mass is 9.94. The molecule has 1 aromatic carbocycles. The van der Waals surface area contributed by atoms with E-state index in [1.54, 1.807) is 12.1 Å². The molecule has 1 saturated heterocycles. The van der Waals surface area contributed by atoms with Gasteiger partial charge in [-0.05, 0) is 44.1 Å². The minimum Gasteiger partial charge on any atom is -0.403 e. The van der Waals surface area contributed by atoms with Crippen molar-refractivity contribution in [3.63, 3.8) is 0 Å². The third kappa shape index (κ3) is 3.93. The van der Waals surface area contributed by atoms with Gasteiger partial charge in [0.1, 0.15) is 6.10 Å². The number of hydrogen-bond donors (Lipinski definition) is 0. The largest absolute Gasteiger partial charge is 0.403 e. The van der Waals surface area contributed by atoms with Crippen LogP contribution in [0.2, 0.25) is 18.1 Å². The Balaban J connectivity index is 2.28. The molecule has 1 heterocycles. The SMILES string of the molecule is CC[Si](CC)(CC)O[C@H]1C(=O)N(C(=O)c2ccccc2)[C@H]1C=C(C)C. The van der Waals surface area contributed by atoms with Gasteiger partial charge in [0.05, 0.1) is 6.04 Å². The smallest absolute Gasteiger partial charge is 0.261 e. The van der Waals surface area contributed by atoms with E-state index in [-0.39, 0.29) is 17.9 Å². The predicted octanol–water partition coefficient (Wildman–Crippen LogP) is 4.39. The summed E-state index contributed by atoms with van der Waals surface area (Å²) in [6.07, 6.45) is 1.46. The summed E-state index contributed by atoms with van der Waals surface area (Å²) in [5.41, 5.74) is 1.61. The molecule has 0 unspecified atom stereocenters. The number of rotatable bonds is 7. The second-order valence-corrected chi connectivity index (χ2v) is 11.6. The van der Waals surface area contributed by atoms with Gasteiger partial charge >= 0.3 is 0 Å². The van der Waals surface area contributed by atoms with E-state index in [1.165, 1.54) is 4.90 Å². The first-order chi connectivity index (χ1) is 11.9. The number of β-lactam (4-membered cyclic amide) rings is 1. The van der Waals surface area contributed by atoms with Crippen LogP contribution in [-0.2, 0) is 9.22 Å². The minimum atomic E-state index is -1.92. The standard InChI is InChI=1S/C20H29NO3Si/c1-6-25(7-2,8-3)24-18-17(14-15(4)5)21(20(18)23)19(22)16-12-10-9-11-13-16/h9-14,17-18H,6-8H2,1-5H3/t17-,18+/m0/s1. The van der Waals surface area contributed by atoms with Gasteiger partial charge in [-0.3, -0.25) is 14.5 Å². The van der Waals surface area contributed by atoms with Crippen LogP contribution < -0.4 is 0 Å². The average molecular weight is 360 g/mol. The molecule has 0 bridgehead atoms. The molecule has 4 nitrogen and oxygen atoms in total. The number of amides is 2. The third-order valence-electron chi connectivity index (χ3n) is 5.14. The van der Waals surface area contributed by atoms with Gasteiger partial charge in [-0.15, -0.1) is 0 Å². The molecule has 5 heteroatoms. The number of benzene rings is 1. The van der Waals surface area contributed by atoms with Gasteiger partial charge in [-0.25, -0.2) is 0 Å². The minimum absolute atomic E-state index is 0.205. The van der Waals surface area contributed by atoms with E-state index >= 15 is 0 Å². The van der Waals surface area contributed by atoms with Crippen molar-refractivity contribution in [2.45, 2.75) is 64.9 Å². The summed E-state index contributed by atoms with van der Waals surface area (Å²) < 4.78 is 6.41. The maximum Gasteiger partial charge on any atom is 0.261 e. The number of allylic oxidation sites excluding steroid dienone is 1. The Hall–Kier alpha value is -1.72. The molecule has 0 N–H and O–H groups in total. The van der Waals surface area contributed by atoms with Gasteiger partial charge in [-0.1, -0.05) is 50.6 Å². The zero-order valence-electron chi connectivity index (χ0n) is 15.9. The molecule has 0 radical (unpaired) electrons. The molecule has 0 saturated carbocycles. The molecule has 2 rings (SSSR count). The molecule has 1 aliphatic rings. The zero-order chi connectivity index (χ0) is 18.6. The lowest BCUT2D eigenvalue weighted by Gasteiger charge is -2.47. The Morgan fingerprint density at radius 3 is 2.16 bits per heavy atom. The van der Waals surface area contributed by atoms with E-state index in [1.807, 2.05) is 38.1 Å². The first-order valence-corrected chi connectivity index (χ1v) is 11.7. The Labute approximate surface area is 152 Å². The molecular formula is C20H29NO3Si. The van der Waals surface area contributed by atoms with E-state index in [4.69, 9.17) is 4.43 Å². The molecule has 2 atom stereocenters. The number of likely N-dealkylation sites (tertiary alicyclic amines) is 1. The average Bonchev–Trinajstić information content (AvgIpc) is 2.63. The highest BCUT2D eigenvalue weighted by molar-refractivity contribution is 6.73. The van der Waals surface area contributed by atoms with Crippen molar-refractivity contribution in [1.82, 2.24) is 4.90 Å². The van der Waals surface area contributed by atoms with Crippen molar-refractivity contribution in [3.8, 4) is 0 Å². The molecule has 1 aromatic rings. The first-order valence-electron chi connectivity index (χ1n) is 9.14. The van der Waals surface area contributed by atoms with E-state index in [2.05, 4.69) is 20.8 Å². The van der Waals surface area contributed by atoms with Crippen LogP contribution in [-0.4, -0.2) is 37.2 Å². The lowest BCUT2D eigenvalue weighted by Crippen LogP contribution is -2.69. The zero-order valence-corrected chi connectivity index (χ0v) is 16.9. The summed E-state index contributed by atoms with van der Waals surface area (Å²) in [7, 11) is -1.92. The summed E-state index contributed by atoms with van der Waals surface area (Å²) in [6.45, 7) is 10.4. The fraction of sp³-hybridized carbons (Fsp3) is 0.500. The van der Waals surface area contributed by atoms with Crippen LogP contribution in [0.1, 0.15) is 45.0 Å². The Kier molecular flexibility index (Phi) is 6.35. The van der Waals surface area contributed by atoms with Crippen LogP contribution >= 0.6 is 0 Å². The number of carbonyl (C=O) groups is 2. The summed E-state index contributed by atoms with van der Waals surface area (Å²) in [5.74, 6) is -0.451. The van der Waals surface area contributed by atoms with E-state index in [0.29, 0.717) is 5.56 Å². The van der Waals surface area contributed by atoms with Crippen LogP contribution in [0, 0.1) is 0 Å². The van der Waals surface area contributed by atoms with E-state index in [0.717, 1.165) is 23.7 Å². The highest BCUT2D eigenvalue weighted by Gasteiger charge is 2.53. The van der Waals surface area contributed by atoms with Crippen LogP contribution in [0.4, 0.5) is 0 Å². The van der Waals surface area contributed by atoms with Gasteiger partial charge < -0.3 is 4.43 Å². The fourth-order valence-corrected chi connectivity index (χ4v) is 6.11. The van der Waals surface area contributed by atoms with Gasteiger partial charge in [0.25, 0.3) is 11.8 Å². The molecule has 0 aromatic heterocycles. The molecule has 2 amide bonds. The third-order valence-corrected chi connectivity index (χ3v) is 9.76. The summed E-state index contributed by atoms with van der Waals surface area (Å²) in [6, 6.07) is 11.6. The van der Waals surface area contributed by atoms with Gasteiger partial charge in [0, 0.05) is 5.56 Å². The van der Waals surface area contributed by atoms with Crippen molar-refractivity contribution >= 4 is 20.1 Å². The van der Waals surface area contributed by atoms with Gasteiger partial charge in [0.15, 0.2) is 8.32 Å². The summed E-state index contributed by atoms with van der Waals surface area (Å²) >= 11 is 0. The fourth-order valence-electron chi connectivity index (χ4n) is 3.33. The molecule has 1 fully saturated rings. The number of carbonyl (C=O) groups excluding carboxylic acids is 2. The van der Waals surface area contributed by atoms with Gasteiger partial charge in [-0.2, -0.15) is 0 Å². The van der Waals surface area contributed by atoms with Gasteiger partial charge in [0.2, 0.25) is 0 Å². The maximum absolute atomic E-state index is 12.8. The molecule has 25 heavy (non-hydrogen) atoms. The van der Waals surface area contributed by atoms with Crippen LogP contribution in [0.15, 0.2) is 42.0 Å². The molecule has 0 spiro atoms. The van der Waals surface area contributed by atoms with Crippen molar-refractivity contribution < 1.29 is 14.0 Å². The number of hydrogen-bond acceptors (Lipinski definition) is 3. The second kappa shape index (κ2) is 8.10. The lowest BCUT2D eigenvalue weighted by molar-refractivity contribution is -0.154.